The first kappa shape index (κ1) is 16.4. The van der Waals surface area contributed by atoms with Crippen molar-refractivity contribution in [3.05, 3.63) is 67.9 Å². The number of aromatic carboxylic acids is 1. The van der Waals surface area contributed by atoms with Gasteiger partial charge in [-0.1, -0.05) is 6.07 Å². The summed E-state index contributed by atoms with van der Waals surface area (Å²) < 4.78 is 0.00444. The smallest absolute Gasteiger partial charge is 0.339 e. The largest absolute Gasteiger partial charge is 0.507 e. The molecule has 0 amide bonds. The Morgan fingerprint density at radius 1 is 1.20 bits per heavy atom. The molecule has 8 nitrogen and oxygen atoms in total. The maximum atomic E-state index is 11.8. The lowest BCUT2D eigenvalue weighted by Crippen LogP contribution is -2.10. The highest BCUT2D eigenvalue weighted by Crippen LogP contribution is 2.23. The van der Waals surface area contributed by atoms with Gasteiger partial charge in [-0.05, 0) is 42.6 Å². The van der Waals surface area contributed by atoms with Crippen LogP contribution in [0.2, 0.25) is 0 Å². The van der Waals surface area contributed by atoms with E-state index in [-0.39, 0.29) is 27.5 Å². The van der Waals surface area contributed by atoms with Gasteiger partial charge in [0.05, 0.1) is 11.4 Å². The number of hydrogen-bond donors (Lipinski definition) is 5. The third-order valence-corrected chi connectivity index (χ3v) is 3.64. The molecule has 0 radical (unpaired) electrons. The topological polar surface area (TPSA) is 139 Å². The minimum Gasteiger partial charge on any atom is -0.507 e. The lowest BCUT2D eigenvalue weighted by atomic mass is 10.1. The van der Waals surface area contributed by atoms with E-state index in [4.69, 9.17) is 17.3 Å². The van der Waals surface area contributed by atoms with Crippen molar-refractivity contribution in [2.45, 2.75) is 0 Å². The van der Waals surface area contributed by atoms with Gasteiger partial charge in [-0.2, -0.15) is 0 Å². The number of aromatic hydroxyl groups is 2. The van der Waals surface area contributed by atoms with Gasteiger partial charge in [0.2, 0.25) is 5.88 Å². The van der Waals surface area contributed by atoms with Crippen molar-refractivity contribution in [3.8, 4) is 11.6 Å². The SMILES string of the molecule is O=C(O)c1ccc(C2=NC(=Cc3c(O)[nH]c(=S)[nH]c3=O)C=C2)cc1O. The molecule has 0 aliphatic carbocycles. The van der Waals surface area contributed by atoms with Crippen LogP contribution >= 0.6 is 12.2 Å². The summed E-state index contributed by atoms with van der Waals surface area (Å²) in [5.74, 6) is -1.98. The number of allylic oxidation sites excluding steroid dienone is 2. The molecular formula is C16H11N3O5S. The quantitative estimate of drug-likeness (QED) is 0.532. The van der Waals surface area contributed by atoms with Crippen LogP contribution in [-0.4, -0.2) is 37.0 Å². The third-order valence-electron chi connectivity index (χ3n) is 3.44. The number of aromatic amines is 2. The second-order valence-electron chi connectivity index (χ2n) is 5.11. The van der Waals surface area contributed by atoms with Crippen LogP contribution in [0.3, 0.4) is 0 Å². The third kappa shape index (κ3) is 3.26. The maximum Gasteiger partial charge on any atom is 0.339 e. The van der Waals surface area contributed by atoms with Crippen molar-refractivity contribution in [2.24, 2.45) is 4.99 Å². The van der Waals surface area contributed by atoms with Crippen molar-refractivity contribution in [2.75, 3.05) is 0 Å². The molecular weight excluding hydrogens is 346 g/mol. The minimum absolute atomic E-state index is 0.00444. The molecule has 1 aliphatic heterocycles. The van der Waals surface area contributed by atoms with Crippen LogP contribution in [0.25, 0.3) is 6.08 Å². The molecule has 1 aromatic heterocycles. The summed E-state index contributed by atoms with van der Waals surface area (Å²) in [4.78, 5) is 31.8. The number of nitrogens with zero attached hydrogens (tertiary/aromatic N) is 1. The number of H-pyrrole nitrogens is 2. The molecule has 0 spiro atoms. The Kier molecular flexibility index (Phi) is 4.07. The standard InChI is InChI=1S/C16H11N3O5S/c20-12-5-7(1-3-9(12)15(23)24)11-4-2-8(17-11)6-10-13(21)18-16(25)19-14(10)22/h1-6,20H,(H,23,24)(H3,18,19,21,22,25). The minimum atomic E-state index is -1.23. The van der Waals surface area contributed by atoms with Gasteiger partial charge in [0, 0.05) is 5.56 Å². The first-order valence-corrected chi connectivity index (χ1v) is 7.36. The van der Waals surface area contributed by atoms with Gasteiger partial charge < -0.3 is 20.3 Å². The maximum absolute atomic E-state index is 11.8. The van der Waals surface area contributed by atoms with Crippen LogP contribution in [0.5, 0.6) is 11.6 Å². The molecule has 3 rings (SSSR count). The fourth-order valence-electron chi connectivity index (χ4n) is 2.26. The van der Waals surface area contributed by atoms with Crippen molar-refractivity contribution in [1.82, 2.24) is 9.97 Å². The van der Waals surface area contributed by atoms with E-state index >= 15 is 0 Å². The van der Waals surface area contributed by atoms with Crippen molar-refractivity contribution in [3.63, 3.8) is 0 Å². The molecule has 0 fully saturated rings. The number of carbonyl (C=O) groups is 1. The number of aromatic nitrogens is 2. The number of aliphatic imine (C=N–C) groups is 1. The molecule has 5 N–H and O–H groups in total. The highest BCUT2D eigenvalue weighted by Gasteiger charge is 2.14. The molecule has 0 unspecified atom stereocenters. The molecule has 0 atom stereocenters. The first-order valence-electron chi connectivity index (χ1n) is 6.96. The molecule has 25 heavy (non-hydrogen) atoms. The molecule has 2 heterocycles. The summed E-state index contributed by atoms with van der Waals surface area (Å²) >= 11 is 4.75. The first-order chi connectivity index (χ1) is 11.8. The average Bonchev–Trinajstić information content (AvgIpc) is 2.99. The van der Waals surface area contributed by atoms with Crippen molar-refractivity contribution < 1.29 is 20.1 Å². The van der Waals surface area contributed by atoms with E-state index in [1.165, 1.54) is 24.3 Å². The van der Waals surface area contributed by atoms with Crippen LogP contribution < -0.4 is 5.56 Å². The number of phenols is 1. The summed E-state index contributed by atoms with van der Waals surface area (Å²) in [6.45, 7) is 0. The van der Waals surface area contributed by atoms with E-state index in [1.807, 2.05) is 0 Å². The molecule has 1 aromatic carbocycles. The van der Waals surface area contributed by atoms with E-state index in [0.29, 0.717) is 17.0 Å². The Bertz CT molecular complexity index is 1090. The Balaban J connectivity index is 1.98. The van der Waals surface area contributed by atoms with Crippen LogP contribution in [-0.2, 0) is 0 Å². The summed E-state index contributed by atoms with van der Waals surface area (Å²) in [5.41, 5.74) is 0.573. The number of hydrogen-bond acceptors (Lipinski definition) is 6. The molecule has 9 heteroatoms. The van der Waals surface area contributed by atoms with Gasteiger partial charge >= 0.3 is 5.97 Å². The lowest BCUT2D eigenvalue weighted by Gasteiger charge is -2.03. The Morgan fingerprint density at radius 3 is 2.60 bits per heavy atom. The summed E-state index contributed by atoms with van der Waals surface area (Å²) in [7, 11) is 0. The molecule has 1 aliphatic rings. The normalized spacial score (nSPS) is 14.7. The van der Waals surface area contributed by atoms with Crippen LogP contribution in [0.4, 0.5) is 0 Å². The van der Waals surface area contributed by atoms with Gasteiger partial charge in [-0.25, -0.2) is 9.79 Å². The summed E-state index contributed by atoms with van der Waals surface area (Å²) in [5, 5.41) is 28.5. The monoisotopic (exact) mass is 357 g/mol. The van der Waals surface area contributed by atoms with Gasteiger partial charge in [0.15, 0.2) is 4.77 Å². The van der Waals surface area contributed by atoms with E-state index in [2.05, 4.69) is 15.0 Å². The highest BCUT2D eigenvalue weighted by molar-refractivity contribution is 7.71. The van der Waals surface area contributed by atoms with E-state index in [9.17, 15) is 19.8 Å². The molecule has 2 aromatic rings. The predicted octanol–water partition coefficient (Wildman–Crippen LogP) is 1.94. The number of carboxylic acids is 1. The van der Waals surface area contributed by atoms with E-state index < -0.39 is 11.5 Å². The van der Waals surface area contributed by atoms with Crippen molar-refractivity contribution >= 4 is 30.0 Å². The fourth-order valence-corrected chi connectivity index (χ4v) is 2.45. The van der Waals surface area contributed by atoms with Gasteiger partial charge in [0.25, 0.3) is 5.56 Å². The van der Waals surface area contributed by atoms with Gasteiger partial charge in [-0.3, -0.25) is 9.78 Å². The zero-order chi connectivity index (χ0) is 18.1. The number of benzene rings is 1. The Hall–Kier alpha value is -3.46. The molecule has 0 saturated heterocycles. The van der Waals surface area contributed by atoms with E-state index in [0.717, 1.165) is 0 Å². The van der Waals surface area contributed by atoms with Gasteiger partial charge in [0.1, 0.15) is 16.9 Å². The second kappa shape index (κ2) is 6.21. The lowest BCUT2D eigenvalue weighted by molar-refractivity contribution is 0.0693. The molecule has 0 saturated carbocycles. The Morgan fingerprint density at radius 2 is 1.96 bits per heavy atom. The highest BCUT2D eigenvalue weighted by atomic mass is 32.1. The van der Waals surface area contributed by atoms with Crippen molar-refractivity contribution in [1.29, 1.82) is 0 Å². The zero-order valence-corrected chi connectivity index (χ0v) is 13.3. The van der Waals surface area contributed by atoms with Crippen LogP contribution in [0.1, 0.15) is 21.5 Å². The van der Waals surface area contributed by atoms with Crippen LogP contribution in [0, 0.1) is 4.77 Å². The van der Waals surface area contributed by atoms with Crippen LogP contribution in [0.15, 0.2) is 45.8 Å². The summed E-state index contributed by atoms with van der Waals surface area (Å²) in [6.07, 6.45) is 4.61. The zero-order valence-electron chi connectivity index (χ0n) is 12.5. The summed E-state index contributed by atoms with van der Waals surface area (Å²) in [6, 6.07) is 4.08. The Labute approximate surface area is 145 Å². The number of nitrogens with one attached hydrogen (secondary N) is 2. The van der Waals surface area contributed by atoms with Gasteiger partial charge in [-0.15, -0.1) is 0 Å². The second-order valence-corrected chi connectivity index (χ2v) is 5.52. The predicted molar refractivity (Wildman–Crippen MR) is 92.6 cm³/mol. The molecule has 0 bridgehead atoms. The average molecular weight is 357 g/mol. The number of rotatable bonds is 3. The molecule has 126 valence electrons. The van der Waals surface area contributed by atoms with E-state index in [1.54, 1.807) is 12.2 Å². The number of carboxylic acid groups (broad SMARTS) is 1. The fraction of sp³-hybridized carbons (Fsp3) is 0.